The van der Waals surface area contributed by atoms with Crippen LogP contribution >= 0.6 is 0 Å². The van der Waals surface area contributed by atoms with Gasteiger partial charge in [0.2, 0.25) is 0 Å². The summed E-state index contributed by atoms with van der Waals surface area (Å²) >= 11 is 0. The number of carbonyl (C=O) groups is 1. The number of esters is 1. The summed E-state index contributed by atoms with van der Waals surface area (Å²) in [5, 5.41) is 0. The van der Waals surface area contributed by atoms with E-state index in [0.717, 1.165) is 0 Å². The standard InChI is InChI=1S/C10H22N2O4S/c1-5-12(6-2)17(14,15)11(4)9-8-10(13)16-7-3/h5-9H2,1-4H3. The van der Waals surface area contributed by atoms with Crippen molar-refractivity contribution in [3.8, 4) is 0 Å². The van der Waals surface area contributed by atoms with Crippen molar-refractivity contribution in [3.05, 3.63) is 0 Å². The van der Waals surface area contributed by atoms with Crippen LogP contribution in [0.5, 0.6) is 0 Å². The number of rotatable bonds is 8. The molecule has 0 radical (unpaired) electrons. The fraction of sp³-hybridized carbons (Fsp3) is 0.900. The molecule has 0 atom stereocenters. The molecule has 0 rings (SSSR count). The Morgan fingerprint density at radius 1 is 1.18 bits per heavy atom. The monoisotopic (exact) mass is 266 g/mol. The van der Waals surface area contributed by atoms with Crippen LogP contribution in [-0.4, -0.2) is 56.3 Å². The molecule has 102 valence electrons. The number of ether oxygens (including phenoxy) is 1. The highest BCUT2D eigenvalue weighted by atomic mass is 32.2. The quantitative estimate of drug-likeness (QED) is 0.599. The van der Waals surface area contributed by atoms with E-state index in [1.54, 1.807) is 20.8 Å². The normalized spacial score (nSPS) is 12.1. The van der Waals surface area contributed by atoms with E-state index in [1.807, 2.05) is 0 Å². The zero-order chi connectivity index (χ0) is 13.5. The highest BCUT2D eigenvalue weighted by molar-refractivity contribution is 7.86. The maximum absolute atomic E-state index is 12.0. The van der Waals surface area contributed by atoms with Gasteiger partial charge in [0.05, 0.1) is 13.0 Å². The van der Waals surface area contributed by atoms with Crippen molar-refractivity contribution in [2.75, 3.05) is 33.3 Å². The second-order valence-corrected chi connectivity index (χ2v) is 5.50. The molecule has 0 aromatic heterocycles. The van der Waals surface area contributed by atoms with Crippen LogP contribution in [0, 0.1) is 0 Å². The molecule has 0 fully saturated rings. The van der Waals surface area contributed by atoms with E-state index in [1.165, 1.54) is 15.7 Å². The second kappa shape index (κ2) is 7.62. The van der Waals surface area contributed by atoms with Gasteiger partial charge in [0.15, 0.2) is 0 Å². The Balaban J connectivity index is 4.39. The largest absolute Gasteiger partial charge is 0.466 e. The average molecular weight is 266 g/mol. The molecule has 0 aliphatic rings. The molecule has 0 aromatic rings. The molecule has 0 unspecified atom stereocenters. The van der Waals surface area contributed by atoms with Crippen LogP contribution < -0.4 is 0 Å². The molecule has 0 spiro atoms. The lowest BCUT2D eigenvalue weighted by Gasteiger charge is -2.25. The van der Waals surface area contributed by atoms with Gasteiger partial charge in [-0.15, -0.1) is 0 Å². The predicted molar refractivity (Wildman–Crippen MR) is 65.7 cm³/mol. The number of carbonyl (C=O) groups excluding carboxylic acids is 1. The van der Waals surface area contributed by atoms with E-state index >= 15 is 0 Å². The lowest BCUT2D eigenvalue weighted by molar-refractivity contribution is -0.143. The molecule has 6 nitrogen and oxygen atoms in total. The van der Waals surface area contributed by atoms with Gasteiger partial charge in [-0.3, -0.25) is 4.79 Å². The molecule has 17 heavy (non-hydrogen) atoms. The van der Waals surface area contributed by atoms with E-state index in [4.69, 9.17) is 4.74 Å². The lowest BCUT2D eigenvalue weighted by Crippen LogP contribution is -2.42. The van der Waals surface area contributed by atoms with Gasteiger partial charge in [-0.2, -0.15) is 17.0 Å². The minimum absolute atomic E-state index is 0.0742. The van der Waals surface area contributed by atoms with Gasteiger partial charge in [0.1, 0.15) is 0 Å². The summed E-state index contributed by atoms with van der Waals surface area (Å²) in [6.45, 7) is 6.56. The highest BCUT2D eigenvalue weighted by Gasteiger charge is 2.24. The molecule has 0 amide bonds. The van der Waals surface area contributed by atoms with Crippen LogP contribution in [0.15, 0.2) is 0 Å². The molecule has 0 aromatic carbocycles. The summed E-state index contributed by atoms with van der Waals surface area (Å²) in [4.78, 5) is 11.1. The lowest BCUT2D eigenvalue weighted by atomic mass is 10.4. The maximum atomic E-state index is 12.0. The van der Waals surface area contributed by atoms with E-state index < -0.39 is 10.2 Å². The smallest absolute Gasteiger partial charge is 0.307 e. The van der Waals surface area contributed by atoms with Gasteiger partial charge in [-0.25, -0.2) is 0 Å². The Hall–Kier alpha value is -0.660. The SMILES string of the molecule is CCOC(=O)CCN(C)S(=O)(=O)N(CC)CC. The second-order valence-electron chi connectivity index (χ2n) is 3.47. The van der Waals surface area contributed by atoms with Crippen LogP contribution in [0.1, 0.15) is 27.2 Å². The Labute approximate surface area is 104 Å². The van der Waals surface area contributed by atoms with Crippen LogP contribution in [0.3, 0.4) is 0 Å². The van der Waals surface area contributed by atoms with E-state index in [2.05, 4.69) is 0 Å². The van der Waals surface area contributed by atoms with Crippen molar-refractivity contribution >= 4 is 16.2 Å². The zero-order valence-corrected chi connectivity index (χ0v) is 11.8. The molecule has 0 aliphatic carbocycles. The first-order chi connectivity index (χ1) is 7.89. The van der Waals surface area contributed by atoms with Gasteiger partial charge in [-0.1, -0.05) is 13.8 Å². The van der Waals surface area contributed by atoms with Crippen molar-refractivity contribution in [3.63, 3.8) is 0 Å². The van der Waals surface area contributed by atoms with E-state index in [-0.39, 0.29) is 18.9 Å². The van der Waals surface area contributed by atoms with E-state index in [9.17, 15) is 13.2 Å². The van der Waals surface area contributed by atoms with Crippen molar-refractivity contribution in [2.45, 2.75) is 27.2 Å². The van der Waals surface area contributed by atoms with Gasteiger partial charge < -0.3 is 4.74 Å². The number of hydrogen-bond donors (Lipinski definition) is 0. The Kier molecular flexibility index (Phi) is 7.33. The summed E-state index contributed by atoms with van der Waals surface area (Å²) in [5.41, 5.74) is 0. The van der Waals surface area contributed by atoms with E-state index in [0.29, 0.717) is 19.7 Å². The molecule has 7 heteroatoms. The highest BCUT2D eigenvalue weighted by Crippen LogP contribution is 2.06. The van der Waals surface area contributed by atoms with Crippen molar-refractivity contribution in [2.24, 2.45) is 0 Å². The molecule has 0 N–H and O–H groups in total. The first-order valence-corrected chi connectivity index (χ1v) is 7.16. The average Bonchev–Trinajstić information content (AvgIpc) is 2.27. The molecule has 0 aliphatic heterocycles. The van der Waals surface area contributed by atoms with Gasteiger partial charge in [0.25, 0.3) is 10.2 Å². The third-order valence-electron chi connectivity index (χ3n) is 2.36. The zero-order valence-electron chi connectivity index (χ0n) is 11.0. The van der Waals surface area contributed by atoms with Crippen LogP contribution in [0.2, 0.25) is 0 Å². The first kappa shape index (κ1) is 16.3. The fourth-order valence-corrected chi connectivity index (χ4v) is 2.71. The van der Waals surface area contributed by atoms with Crippen molar-refractivity contribution in [1.29, 1.82) is 0 Å². The molecule has 0 heterocycles. The minimum Gasteiger partial charge on any atom is -0.466 e. The Morgan fingerprint density at radius 3 is 2.12 bits per heavy atom. The summed E-state index contributed by atoms with van der Waals surface area (Å²) < 4.78 is 31.2. The fourth-order valence-electron chi connectivity index (χ4n) is 1.34. The molecule has 0 saturated carbocycles. The third-order valence-corrected chi connectivity index (χ3v) is 4.50. The van der Waals surface area contributed by atoms with Crippen LogP contribution in [-0.2, 0) is 19.7 Å². The topological polar surface area (TPSA) is 66.9 Å². The molecular formula is C10H22N2O4S. The molecular weight excluding hydrogens is 244 g/mol. The van der Waals surface area contributed by atoms with Crippen LogP contribution in [0.25, 0.3) is 0 Å². The van der Waals surface area contributed by atoms with Crippen molar-refractivity contribution < 1.29 is 17.9 Å². The van der Waals surface area contributed by atoms with Crippen LogP contribution in [0.4, 0.5) is 0 Å². The Morgan fingerprint density at radius 2 is 1.71 bits per heavy atom. The van der Waals surface area contributed by atoms with Gasteiger partial charge >= 0.3 is 5.97 Å². The van der Waals surface area contributed by atoms with Gasteiger partial charge in [-0.05, 0) is 6.92 Å². The minimum atomic E-state index is -3.45. The summed E-state index contributed by atoms with van der Waals surface area (Å²) in [5.74, 6) is -0.380. The predicted octanol–water partition coefficient (Wildman–Crippen LogP) is 0.458. The number of nitrogens with zero attached hydrogens (tertiary/aromatic N) is 2. The summed E-state index contributed by atoms with van der Waals surface area (Å²) in [7, 11) is -1.99. The molecule has 0 saturated heterocycles. The number of hydrogen-bond acceptors (Lipinski definition) is 4. The Bertz CT molecular complexity index is 325. The molecule has 0 bridgehead atoms. The maximum Gasteiger partial charge on any atom is 0.307 e. The first-order valence-electron chi connectivity index (χ1n) is 5.77. The summed E-state index contributed by atoms with van der Waals surface area (Å²) in [6.07, 6.45) is 0.0742. The summed E-state index contributed by atoms with van der Waals surface area (Å²) in [6, 6.07) is 0. The van der Waals surface area contributed by atoms with Crippen molar-refractivity contribution in [1.82, 2.24) is 8.61 Å². The third kappa shape index (κ3) is 5.01. The van der Waals surface area contributed by atoms with Gasteiger partial charge in [0, 0.05) is 26.7 Å².